The molecule has 2 heterocycles. The van der Waals surface area contributed by atoms with Gasteiger partial charge in [-0.15, -0.1) is 11.3 Å². The lowest BCUT2D eigenvalue weighted by molar-refractivity contribution is 0.102. The second-order valence-electron chi connectivity index (χ2n) is 6.44. The highest BCUT2D eigenvalue weighted by atomic mass is 32.1. The van der Waals surface area contributed by atoms with Gasteiger partial charge in [-0.25, -0.2) is 4.98 Å². The molecular formula is C21H20N2O2S. The van der Waals surface area contributed by atoms with Crippen LogP contribution in [0.25, 0.3) is 6.08 Å². The molecule has 4 nitrogen and oxygen atoms in total. The molecule has 0 atom stereocenters. The Bertz CT molecular complexity index is 954. The summed E-state index contributed by atoms with van der Waals surface area (Å²) in [7, 11) is 0. The quantitative estimate of drug-likeness (QED) is 0.673. The second-order valence-corrected chi connectivity index (χ2v) is 7.39. The first kappa shape index (κ1) is 16.8. The number of H-pyrrole nitrogens is 1. The number of aromatic amines is 1. The molecule has 0 radical (unpaired) electrons. The summed E-state index contributed by atoms with van der Waals surface area (Å²) >= 11 is 1.68. The highest BCUT2D eigenvalue weighted by Crippen LogP contribution is 2.31. The van der Waals surface area contributed by atoms with Gasteiger partial charge in [-0.1, -0.05) is 0 Å². The van der Waals surface area contributed by atoms with Crippen molar-refractivity contribution in [3.8, 4) is 5.75 Å². The number of nitrogens with one attached hydrogen (secondary N) is 1. The van der Waals surface area contributed by atoms with E-state index in [1.165, 1.54) is 10.4 Å². The summed E-state index contributed by atoms with van der Waals surface area (Å²) in [6.45, 7) is 2.65. The molecule has 0 aliphatic heterocycles. The Morgan fingerprint density at radius 1 is 1.31 bits per heavy atom. The standard InChI is InChI=1S/C21H20N2O2S/c1-14-7-9-26-20(14)11-16-3-2-15-10-18(4-5-19(15)21(16)24)25-8-6-17-12-22-13-23-17/h4-5,7,9-13H,2-3,6,8H2,1H3,(H,22,23)/b16-11-. The molecule has 0 amide bonds. The van der Waals surface area contributed by atoms with Crippen molar-refractivity contribution in [1.29, 1.82) is 0 Å². The number of nitrogens with zero attached hydrogens (tertiary/aromatic N) is 1. The number of imidazole rings is 1. The lowest BCUT2D eigenvalue weighted by Gasteiger charge is -2.18. The van der Waals surface area contributed by atoms with E-state index in [4.69, 9.17) is 4.74 Å². The average Bonchev–Trinajstić information content (AvgIpc) is 3.30. The van der Waals surface area contributed by atoms with Crippen molar-refractivity contribution < 1.29 is 9.53 Å². The molecule has 1 aliphatic rings. The van der Waals surface area contributed by atoms with Gasteiger partial charge in [0.25, 0.3) is 0 Å². The monoisotopic (exact) mass is 364 g/mol. The predicted molar refractivity (Wildman–Crippen MR) is 104 cm³/mol. The van der Waals surface area contributed by atoms with E-state index in [1.54, 1.807) is 17.7 Å². The van der Waals surface area contributed by atoms with E-state index in [0.29, 0.717) is 6.61 Å². The summed E-state index contributed by atoms with van der Waals surface area (Å²) < 4.78 is 5.83. The number of aromatic nitrogens is 2. The number of allylic oxidation sites excluding steroid dienone is 1. The molecule has 0 fully saturated rings. The van der Waals surface area contributed by atoms with E-state index in [2.05, 4.69) is 34.4 Å². The Balaban J connectivity index is 1.47. The molecule has 0 unspecified atom stereocenters. The van der Waals surface area contributed by atoms with Crippen LogP contribution in [-0.2, 0) is 12.8 Å². The number of hydrogen-bond acceptors (Lipinski definition) is 4. The third-order valence-corrected chi connectivity index (χ3v) is 5.63. The van der Waals surface area contributed by atoms with Gasteiger partial charge in [-0.3, -0.25) is 4.79 Å². The second kappa shape index (κ2) is 7.30. The minimum absolute atomic E-state index is 0.141. The molecular weight excluding hydrogens is 344 g/mol. The molecule has 1 aliphatic carbocycles. The highest BCUT2D eigenvalue weighted by Gasteiger charge is 2.22. The van der Waals surface area contributed by atoms with E-state index >= 15 is 0 Å². The molecule has 0 saturated heterocycles. The Morgan fingerprint density at radius 3 is 3.00 bits per heavy atom. The molecule has 0 spiro atoms. The highest BCUT2D eigenvalue weighted by molar-refractivity contribution is 7.11. The molecule has 4 rings (SSSR count). The van der Waals surface area contributed by atoms with Crippen molar-refractivity contribution in [2.24, 2.45) is 0 Å². The average molecular weight is 364 g/mol. The number of rotatable bonds is 5. The van der Waals surface area contributed by atoms with Crippen LogP contribution in [0.3, 0.4) is 0 Å². The number of benzene rings is 1. The molecule has 0 bridgehead atoms. The minimum Gasteiger partial charge on any atom is -0.493 e. The van der Waals surface area contributed by atoms with Gasteiger partial charge in [-0.05, 0) is 66.6 Å². The maximum absolute atomic E-state index is 12.8. The summed E-state index contributed by atoms with van der Waals surface area (Å²) in [4.78, 5) is 21.1. The van der Waals surface area contributed by atoms with Gasteiger partial charge in [0.2, 0.25) is 0 Å². The van der Waals surface area contributed by atoms with Gasteiger partial charge in [0.05, 0.1) is 18.6 Å². The minimum atomic E-state index is 0.141. The zero-order chi connectivity index (χ0) is 17.9. The van der Waals surface area contributed by atoms with Gasteiger partial charge >= 0.3 is 0 Å². The lowest BCUT2D eigenvalue weighted by Crippen LogP contribution is -2.14. The zero-order valence-corrected chi connectivity index (χ0v) is 15.4. The van der Waals surface area contributed by atoms with Crippen molar-refractivity contribution in [1.82, 2.24) is 9.97 Å². The van der Waals surface area contributed by atoms with Crippen LogP contribution in [0.1, 0.15) is 38.5 Å². The van der Waals surface area contributed by atoms with Crippen molar-refractivity contribution >= 4 is 23.2 Å². The van der Waals surface area contributed by atoms with Crippen LogP contribution in [0, 0.1) is 6.92 Å². The van der Waals surface area contributed by atoms with Crippen LogP contribution >= 0.6 is 11.3 Å². The van der Waals surface area contributed by atoms with E-state index < -0.39 is 0 Å². The number of ketones is 1. The van der Waals surface area contributed by atoms with Crippen molar-refractivity contribution in [2.45, 2.75) is 26.2 Å². The Hall–Kier alpha value is -2.66. The third kappa shape index (κ3) is 3.48. The van der Waals surface area contributed by atoms with E-state index in [-0.39, 0.29) is 5.78 Å². The van der Waals surface area contributed by atoms with Crippen molar-refractivity contribution in [2.75, 3.05) is 6.61 Å². The first-order valence-electron chi connectivity index (χ1n) is 8.73. The summed E-state index contributed by atoms with van der Waals surface area (Å²) in [5.74, 6) is 0.954. The van der Waals surface area contributed by atoms with Crippen LogP contribution in [0.15, 0.2) is 47.7 Å². The number of carbonyl (C=O) groups excluding carboxylic acids is 1. The van der Waals surface area contributed by atoms with Gasteiger partial charge in [0.1, 0.15) is 5.75 Å². The van der Waals surface area contributed by atoms with Crippen LogP contribution < -0.4 is 4.74 Å². The fourth-order valence-electron chi connectivity index (χ4n) is 3.17. The van der Waals surface area contributed by atoms with Crippen LogP contribution in [-0.4, -0.2) is 22.4 Å². The number of thiophene rings is 1. The Labute approximate surface area is 156 Å². The summed E-state index contributed by atoms with van der Waals surface area (Å²) in [5, 5.41) is 2.07. The predicted octanol–water partition coefficient (Wildman–Crippen LogP) is 4.61. The largest absolute Gasteiger partial charge is 0.493 e. The number of carbonyl (C=O) groups is 1. The van der Waals surface area contributed by atoms with Gasteiger partial charge in [0, 0.05) is 28.6 Å². The first-order chi connectivity index (χ1) is 12.7. The van der Waals surface area contributed by atoms with Crippen LogP contribution in [0.4, 0.5) is 0 Å². The number of hydrogen-bond donors (Lipinski definition) is 1. The van der Waals surface area contributed by atoms with Crippen molar-refractivity contribution in [3.63, 3.8) is 0 Å². The number of fused-ring (bicyclic) bond motifs is 1. The number of Topliss-reactive ketones (excluding diaryl/α,β-unsaturated/α-hetero) is 1. The van der Waals surface area contributed by atoms with E-state index in [0.717, 1.165) is 47.4 Å². The normalized spacial score (nSPS) is 15.3. The molecule has 0 saturated carbocycles. The number of aryl methyl sites for hydroxylation is 2. The molecule has 1 N–H and O–H groups in total. The Morgan fingerprint density at radius 2 is 2.23 bits per heavy atom. The van der Waals surface area contributed by atoms with Crippen LogP contribution in [0.5, 0.6) is 5.75 Å². The summed E-state index contributed by atoms with van der Waals surface area (Å²) in [6.07, 6.45) is 8.00. The Kier molecular flexibility index (Phi) is 4.71. The molecule has 3 aromatic rings. The smallest absolute Gasteiger partial charge is 0.189 e. The maximum Gasteiger partial charge on any atom is 0.189 e. The number of ether oxygens (including phenoxy) is 1. The third-order valence-electron chi connectivity index (χ3n) is 4.67. The summed E-state index contributed by atoms with van der Waals surface area (Å²) in [6, 6.07) is 7.88. The van der Waals surface area contributed by atoms with E-state index in [9.17, 15) is 4.79 Å². The molecule has 26 heavy (non-hydrogen) atoms. The van der Waals surface area contributed by atoms with Gasteiger partial charge < -0.3 is 9.72 Å². The fourth-order valence-corrected chi connectivity index (χ4v) is 4.06. The topological polar surface area (TPSA) is 55.0 Å². The molecule has 2 aromatic heterocycles. The molecule has 132 valence electrons. The summed E-state index contributed by atoms with van der Waals surface area (Å²) in [5.41, 5.74) is 4.98. The van der Waals surface area contributed by atoms with Crippen molar-refractivity contribution in [3.05, 3.63) is 75.0 Å². The maximum atomic E-state index is 12.8. The SMILES string of the molecule is Cc1ccsc1/C=C1/CCc2cc(OCCc3c[nH]cn3)ccc2C1=O. The molecule has 1 aromatic carbocycles. The molecule has 5 heteroatoms. The zero-order valence-electron chi connectivity index (χ0n) is 14.6. The fraction of sp³-hybridized carbons (Fsp3) is 0.238. The van der Waals surface area contributed by atoms with Gasteiger partial charge in [0.15, 0.2) is 5.78 Å². The van der Waals surface area contributed by atoms with E-state index in [1.807, 2.05) is 24.4 Å². The first-order valence-corrected chi connectivity index (χ1v) is 9.61. The van der Waals surface area contributed by atoms with Crippen LogP contribution in [0.2, 0.25) is 0 Å². The lowest BCUT2D eigenvalue weighted by atomic mass is 9.86. The van der Waals surface area contributed by atoms with Gasteiger partial charge in [-0.2, -0.15) is 0 Å².